The van der Waals surface area contributed by atoms with Crippen LogP contribution in [0.3, 0.4) is 0 Å². The predicted molar refractivity (Wildman–Crippen MR) is 64.1 cm³/mol. The van der Waals surface area contributed by atoms with Gasteiger partial charge in [0.25, 0.3) is 5.56 Å². The molecule has 0 aliphatic rings. The number of hydrogen-bond acceptors (Lipinski definition) is 5. The van der Waals surface area contributed by atoms with E-state index in [4.69, 9.17) is 4.74 Å². The Morgan fingerprint density at radius 1 is 1.33 bits per heavy atom. The molecule has 94 valence electrons. The highest BCUT2D eigenvalue weighted by molar-refractivity contribution is 6.00. The molecule has 0 spiro atoms. The third-order valence-corrected chi connectivity index (χ3v) is 2.59. The number of ether oxygens (including phenoxy) is 2. The summed E-state index contributed by atoms with van der Waals surface area (Å²) < 4.78 is 9.52. The van der Waals surface area contributed by atoms with Gasteiger partial charge in [0, 0.05) is 5.39 Å². The van der Waals surface area contributed by atoms with Gasteiger partial charge in [-0.05, 0) is 12.1 Å². The Hall–Kier alpha value is -2.50. The fourth-order valence-corrected chi connectivity index (χ4v) is 1.74. The summed E-state index contributed by atoms with van der Waals surface area (Å²) in [5, 5.41) is 10.3. The summed E-state index contributed by atoms with van der Waals surface area (Å²) in [6.45, 7) is 0. The third-order valence-electron chi connectivity index (χ3n) is 2.59. The lowest BCUT2D eigenvalue weighted by molar-refractivity contribution is 0.0595. The molecule has 0 saturated heterocycles. The van der Waals surface area contributed by atoms with Crippen LogP contribution >= 0.6 is 0 Å². The molecule has 0 aliphatic carbocycles. The maximum Gasteiger partial charge on any atom is 0.347 e. The van der Waals surface area contributed by atoms with E-state index in [1.807, 2.05) is 0 Å². The Labute approximate surface area is 102 Å². The molecule has 0 aliphatic heterocycles. The van der Waals surface area contributed by atoms with Crippen LogP contribution < -0.4 is 10.3 Å². The number of carbonyl (C=O) groups is 1. The summed E-state index contributed by atoms with van der Waals surface area (Å²) in [6, 6.07) is 4.84. The fraction of sp³-hybridized carbons (Fsp3) is 0.167. The van der Waals surface area contributed by atoms with Crippen molar-refractivity contribution >= 4 is 16.9 Å². The van der Waals surface area contributed by atoms with E-state index in [1.54, 1.807) is 18.2 Å². The fourth-order valence-electron chi connectivity index (χ4n) is 1.74. The van der Waals surface area contributed by atoms with Crippen molar-refractivity contribution in [2.75, 3.05) is 14.2 Å². The number of para-hydroxylation sites is 1. The Bertz CT molecular complexity index is 674. The largest absolute Gasteiger partial charge is 0.506 e. The van der Waals surface area contributed by atoms with Crippen LogP contribution in [0.15, 0.2) is 23.0 Å². The van der Waals surface area contributed by atoms with Crippen LogP contribution in [0.2, 0.25) is 0 Å². The van der Waals surface area contributed by atoms with Gasteiger partial charge >= 0.3 is 5.97 Å². The van der Waals surface area contributed by atoms with E-state index in [0.29, 0.717) is 16.7 Å². The van der Waals surface area contributed by atoms with Crippen molar-refractivity contribution in [3.63, 3.8) is 0 Å². The zero-order chi connectivity index (χ0) is 13.3. The summed E-state index contributed by atoms with van der Waals surface area (Å²) in [5.41, 5.74) is -0.815. The quantitative estimate of drug-likeness (QED) is 0.776. The molecule has 0 bridgehead atoms. The Kier molecular flexibility index (Phi) is 2.93. The first kappa shape index (κ1) is 12.0. The van der Waals surface area contributed by atoms with E-state index >= 15 is 0 Å². The van der Waals surface area contributed by atoms with E-state index in [2.05, 4.69) is 9.72 Å². The molecule has 6 nitrogen and oxygen atoms in total. The van der Waals surface area contributed by atoms with E-state index in [0.717, 1.165) is 7.11 Å². The number of benzene rings is 1. The molecule has 0 amide bonds. The molecular weight excluding hydrogens is 238 g/mol. The van der Waals surface area contributed by atoms with Gasteiger partial charge in [-0.25, -0.2) is 4.79 Å². The van der Waals surface area contributed by atoms with Crippen molar-refractivity contribution in [3.8, 4) is 11.5 Å². The number of esters is 1. The van der Waals surface area contributed by atoms with Crippen molar-refractivity contribution in [2.24, 2.45) is 0 Å². The van der Waals surface area contributed by atoms with E-state index < -0.39 is 22.8 Å². The molecule has 2 rings (SSSR count). The zero-order valence-electron chi connectivity index (χ0n) is 9.81. The topological polar surface area (TPSA) is 88.6 Å². The smallest absolute Gasteiger partial charge is 0.347 e. The summed E-state index contributed by atoms with van der Waals surface area (Å²) in [6.07, 6.45) is 0. The number of aromatic amines is 1. The Morgan fingerprint density at radius 2 is 2.06 bits per heavy atom. The standard InChI is InChI=1S/C12H11NO5/c1-17-7-5-3-4-6-9(7)13-11(15)8(10(6)14)12(16)18-2/h3-5H,1-2H3,(H2,13,14,15). The first-order valence-electron chi connectivity index (χ1n) is 5.10. The number of rotatable bonds is 2. The van der Waals surface area contributed by atoms with Crippen molar-refractivity contribution in [1.29, 1.82) is 0 Å². The van der Waals surface area contributed by atoms with Gasteiger partial charge in [0.05, 0.1) is 19.7 Å². The van der Waals surface area contributed by atoms with E-state index in [1.165, 1.54) is 7.11 Å². The highest BCUT2D eigenvalue weighted by Gasteiger charge is 2.20. The van der Waals surface area contributed by atoms with Crippen molar-refractivity contribution in [2.45, 2.75) is 0 Å². The minimum Gasteiger partial charge on any atom is -0.506 e. The minimum absolute atomic E-state index is 0.314. The molecule has 1 heterocycles. The number of aromatic nitrogens is 1. The van der Waals surface area contributed by atoms with Crippen LogP contribution in [0.25, 0.3) is 10.9 Å². The number of methoxy groups -OCH3 is 2. The van der Waals surface area contributed by atoms with Crippen LogP contribution in [0.1, 0.15) is 10.4 Å². The lowest BCUT2D eigenvalue weighted by atomic mass is 10.1. The molecule has 0 saturated carbocycles. The monoisotopic (exact) mass is 249 g/mol. The first-order chi connectivity index (χ1) is 8.60. The summed E-state index contributed by atoms with van der Waals surface area (Å²) >= 11 is 0. The molecule has 0 unspecified atom stereocenters. The SMILES string of the molecule is COC(=O)c1c(O)c2cccc(OC)c2[nH]c1=O. The molecule has 6 heteroatoms. The van der Waals surface area contributed by atoms with Crippen molar-refractivity contribution in [1.82, 2.24) is 4.98 Å². The Balaban J connectivity index is 2.88. The summed E-state index contributed by atoms with van der Waals surface area (Å²) in [4.78, 5) is 25.7. The first-order valence-corrected chi connectivity index (χ1v) is 5.10. The summed E-state index contributed by atoms with van der Waals surface area (Å²) in [5.74, 6) is -0.908. The number of pyridine rings is 1. The molecule has 18 heavy (non-hydrogen) atoms. The molecular formula is C12H11NO5. The number of hydrogen-bond donors (Lipinski definition) is 2. The third kappa shape index (κ3) is 1.67. The predicted octanol–water partition coefficient (Wildman–Crippen LogP) is 1.03. The van der Waals surface area contributed by atoms with E-state index in [9.17, 15) is 14.7 Å². The molecule has 1 aromatic carbocycles. The second-order valence-electron chi connectivity index (χ2n) is 3.55. The normalized spacial score (nSPS) is 10.3. The summed E-state index contributed by atoms with van der Waals surface area (Å²) in [7, 11) is 2.58. The van der Waals surface area contributed by atoms with Crippen LogP contribution in [0, 0.1) is 0 Å². The zero-order valence-corrected chi connectivity index (χ0v) is 9.81. The average Bonchev–Trinajstić information content (AvgIpc) is 2.37. The van der Waals surface area contributed by atoms with E-state index in [-0.39, 0.29) is 0 Å². The van der Waals surface area contributed by atoms with Gasteiger partial charge in [-0.15, -0.1) is 0 Å². The minimum atomic E-state index is -0.890. The average molecular weight is 249 g/mol. The number of aromatic hydroxyl groups is 1. The lowest BCUT2D eigenvalue weighted by Gasteiger charge is -2.08. The Morgan fingerprint density at radius 3 is 2.67 bits per heavy atom. The lowest BCUT2D eigenvalue weighted by Crippen LogP contribution is -2.19. The second kappa shape index (κ2) is 4.40. The maximum atomic E-state index is 11.8. The molecule has 1 aromatic heterocycles. The van der Waals surface area contributed by atoms with Gasteiger partial charge in [0.2, 0.25) is 0 Å². The van der Waals surface area contributed by atoms with Gasteiger partial charge in [-0.2, -0.15) is 0 Å². The molecule has 2 aromatic rings. The number of fused-ring (bicyclic) bond motifs is 1. The molecule has 0 atom stereocenters. The number of H-pyrrole nitrogens is 1. The van der Waals surface area contributed by atoms with Gasteiger partial charge in [0.15, 0.2) is 5.56 Å². The number of carbonyl (C=O) groups excluding carboxylic acids is 1. The van der Waals surface area contributed by atoms with Crippen LogP contribution in [-0.2, 0) is 4.74 Å². The van der Waals surface area contributed by atoms with Gasteiger partial charge < -0.3 is 19.6 Å². The second-order valence-corrected chi connectivity index (χ2v) is 3.55. The van der Waals surface area contributed by atoms with Crippen LogP contribution in [0.4, 0.5) is 0 Å². The van der Waals surface area contributed by atoms with Gasteiger partial charge in [-0.1, -0.05) is 6.07 Å². The van der Waals surface area contributed by atoms with Gasteiger partial charge in [0.1, 0.15) is 11.5 Å². The van der Waals surface area contributed by atoms with Gasteiger partial charge in [-0.3, -0.25) is 4.79 Å². The number of nitrogens with one attached hydrogen (secondary N) is 1. The van der Waals surface area contributed by atoms with Crippen LogP contribution in [-0.4, -0.2) is 30.3 Å². The molecule has 0 fully saturated rings. The maximum absolute atomic E-state index is 11.8. The van der Waals surface area contributed by atoms with Crippen molar-refractivity contribution < 1.29 is 19.4 Å². The van der Waals surface area contributed by atoms with Crippen molar-refractivity contribution in [3.05, 3.63) is 34.1 Å². The van der Waals surface area contributed by atoms with Crippen LogP contribution in [0.5, 0.6) is 11.5 Å². The molecule has 0 radical (unpaired) electrons. The highest BCUT2D eigenvalue weighted by atomic mass is 16.5. The molecule has 2 N–H and O–H groups in total. The highest BCUT2D eigenvalue weighted by Crippen LogP contribution is 2.30.